The predicted octanol–water partition coefficient (Wildman–Crippen LogP) is 5.64. The van der Waals surface area contributed by atoms with Crippen molar-refractivity contribution in [3.05, 3.63) is 54.6 Å². The molecule has 0 bridgehead atoms. The number of benzene rings is 3. The van der Waals surface area contributed by atoms with Crippen molar-refractivity contribution in [3.8, 4) is 5.75 Å². The average molecular weight is 333 g/mol. The first kappa shape index (κ1) is 16.4. The molecule has 1 saturated heterocycles. The van der Waals surface area contributed by atoms with Gasteiger partial charge in [0.25, 0.3) is 0 Å². The van der Waals surface area contributed by atoms with Gasteiger partial charge in [-0.25, -0.2) is 0 Å². The number of hydrogen-bond donors (Lipinski definition) is 0. The van der Waals surface area contributed by atoms with Gasteiger partial charge in [-0.2, -0.15) is 0 Å². The van der Waals surface area contributed by atoms with Crippen LogP contribution in [-0.2, 0) is 0 Å². The highest BCUT2D eigenvalue weighted by Crippen LogP contribution is 2.34. The smallest absolute Gasteiger partial charge is 0.134 e. The summed E-state index contributed by atoms with van der Waals surface area (Å²) in [6.45, 7) is 4.59. The Bertz CT molecular complexity index is 782. The van der Waals surface area contributed by atoms with Crippen LogP contribution >= 0.6 is 0 Å². The average Bonchev–Trinajstić information content (AvgIpc) is 2.68. The molecule has 0 saturated carbocycles. The Balaban J connectivity index is 1.44. The number of rotatable bonds is 6. The Morgan fingerprint density at radius 3 is 2.08 bits per heavy atom. The van der Waals surface area contributed by atoms with E-state index in [1.54, 1.807) is 0 Å². The molecule has 1 aliphatic heterocycles. The first-order valence-corrected chi connectivity index (χ1v) is 9.67. The molecule has 0 spiro atoms. The van der Waals surface area contributed by atoms with Crippen LogP contribution in [0, 0.1) is 0 Å². The minimum atomic E-state index is 0.797. The number of ether oxygens (including phenoxy) is 1. The molecule has 0 radical (unpaired) electrons. The van der Waals surface area contributed by atoms with E-state index in [2.05, 4.69) is 59.5 Å². The van der Waals surface area contributed by atoms with Crippen LogP contribution in [0.1, 0.15) is 32.1 Å². The van der Waals surface area contributed by atoms with Crippen LogP contribution in [0.4, 0.5) is 0 Å². The zero-order valence-corrected chi connectivity index (χ0v) is 14.9. The molecule has 3 aromatic rings. The van der Waals surface area contributed by atoms with E-state index in [4.69, 9.17) is 4.74 Å². The van der Waals surface area contributed by atoms with Crippen LogP contribution in [0.2, 0.25) is 0 Å². The lowest BCUT2D eigenvalue weighted by Crippen LogP contribution is -2.30. The lowest BCUT2D eigenvalue weighted by molar-refractivity contribution is 0.216. The van der Waals surface area contributed by atoms with Crippen molar-refractivity contribution in [1.29, 1.82) is 0 Å². The van der Waals surface area contributed by atoms with E-state index in [1.165, 1.54) is 66.9 Å². The summed E-state index contributed by atoms with van der Waals surface area (Å²) < 4.78 is 6.30. The summed E-state index contributed by atoms with van der Waals surface area (Å²) in [6.07, 6.45) is 6.50. The standard InChI is InChI=1S/C23H27NO/c1-6-14-24(15-7-1)16-8-9-17-25-23-21-12-4-2-10-19(21)18-20-11-3-5-13-22(20)23/h2-5,10-13,18H,1,6-9,14-17H2. The second-order valence-corrected chi connectivity index (χ2v) is 7.11. The van der Waals surface area contributed by atoms with Gasteiger partial charge in [-0.05, 0) is 62.2 Å². The van der Waals surface area contributed by atoms with E-state index in [0.717, 1.165) is 18.8 Å². The maximum atomic E-state index is 6.30. The van der Waals surface area contributed by atoms with Crippen molar-refractivity contribution in [2.45, 2.75) is 32.1 Å². The first-order valence-electron chi connectivity index (χ1n) is 9.67. The zero-order valence-electron chi connectivity index (χ0n) is 14.9. The fraction of sp³-hybridized carbons (Fsp3) is 0.391. The van der Waals surface area contributed by atoms with Gasteiger partial charge in [-0.15, -0.1) is 0 Å². The van der Waals surface area contributed by atoms with Crippen molar-refractivity contribution in [1.82, 2.24) is 4.90 Å². The molecule has 4 rings (SSSR count). The number of hydrogen-bond acceptors (Lipinski definition) is 2. The minimum absolute atomic E-state index is 0.797. The summed E-state index contributed by atoms with van der Waals surface area (Å²) in [5, 5.41) is 4.95. The Morgan fingerprint density at radius 2 is 1.40 bits per heavy atom. The Morgan fingerprint density at radius 1 is 0.760 bits per heavy atom. The Kier molecular flexibility index (Phi) is 5.17. The van der Waals surface area contributed by atoms with Crippen LogP contribution in [0.25, 0.3) is 21.5 Å². The molecular weight excluding hydrogens is 306 g/mol. The lowest BCUT2D eigenvalue weighted by atomic mass is 10.0. The van der Waals surface area contributed by atoms with E-state index in [9.17, 15) is 0 Å². The van der Waals surface area contributed by atoms with E-state index >= 15 is 0 Å². The lowest BCUT2D eigenvalue weighted by Gasteiger charge is -2.26. The molecule has 2 nitrogen and oxygen atoms in total. The molecule has 1 fully saturated rings. The van der Waals surface area contributed by atoms with Crippen LogP contribution < -0.4 is 4.74 Å². The van der Waals surface area contributed by atoms with Crippen molar-refractivity contribution >= 4 is 21.5 Å². The number of fused-ring (bicyclic) bond motifs is 2. The normalized spacial score (nSPS) is 15.7. The molecule has 1 aliphatic rings. The van der Waals surface area contributed by atoms with Gasteiger partial charge in [0, 0.05) is 10.8 Å². The van der Waals surface area contributed by atoms with Gasteiger partial charge in [-0.3, -0.25) is 0 Å². The molecule has 3 aromatic carbocycles. The molecule has 0 amide bonds. The first-order chi connectivity index (χ1) is 12.4. The molecule has 0 aliphatic carbocycles. The number of piperidine rings is 1. The quantitative estimate of drug-likeness (QED) is 0.428. The van der Waals surface area contributed by atoms with Crippen molar-refractivity contribution in [2.75, 3.05) is 26.2 Å². The molecular formula is C23H27NO. The van der Waals surface area contributed by atoms with Crippen molar-refractivity contribution in [3.63, 3.8) is 0 Å². The van der Waals surface area contributed by atoms with Crippen LogP contribution in [-0.4, -0.2) is 31.1 Å². The van der Waals surface area contributed by atoms with Crippen LogP contribution in [0.5, 0.6) is 5.75 Å². The van der Waals surface area contributed by atoms with Crippen molar-refractivity contribution < 1.29 is 4.74 Å². The van der Waals surface area contributed by atoms with Gasteiger partial charge in [0.1, 0.15) is 5.75 Å². The third kappa shape index (κ3) is 3.80. The summed E-state index contributed by atoms with van der Waals surface area (Å²) in [4.78, 5) is 2.61. The zero-order chi connectivity index (χ0) is 16.9. The van der Waals surface area contributed by atoms with Gasteiger partial charge < -0.3 is 9.64 Å². The second kappa shape index (κ2) is 7.88. The van der Waals surface area contributed by atoms with E-state index in [-0.39, 0.29) is 0 Å². The van der Waals surface area contributed by atoms with Gasteiger partial charge in [-0.1, -0.05) is 55.0 Å². The summed E-state index contributed by atoms with van der Waals surface area (Å²) in [5.41, 5.74) is 0. The molecule has 0 aromatic heterocycles. The highest BCUT2D eigenvalue weighted by molar-refractivity contribution is 6.05. The van der Waals surface area contributed by atoms with Gasteiger partial charge in [0.2, 0.25) is 0 Å². The number of likely N-dealkylation sites (tertiary alicyclic amines) is 1. The number of nitrogens with zero attached hydrogens (tertiary/aromatic N) is 1. The van der Waals surface area contributed by atoms with Gasteiger partial charge in [0.05, 0.1) is 6.61 Å². The fourth-order valence-corrected chi connectivity index (χ4v) is 3.92. The maximum absolute atomic E-state index is 6.30. The summed E-state index contributed by atoms with van der Waals surface area (Å²) >= 11 is 0. The maximum Gasteiger partial charge on any atom is 0.134 e. The largest absolute Gasteiger partial charge is 0.492 e. The van der Waals surface area contributed by atoms with Gasteiger partial charge in [0.15, 0.2) is 0 Å². The van der Waals surface area contributed by atoms with E-state index < -0.39 is 0 Å². The summed E-state index contributed by atoms with van der Waals surface area (Å²) in [6, 6.07) is 19.3. The molecule has 2 heteroatoms. The molecule has 1 heterocycles. The minimum Gasteiger partial charge on any atom is -0.492 e. The fourth-order valence-electron chi connectivity index (χ4n) is 3.92. The highest BCUT2D eigenvalue weighted by Gasteiger charge is 2.10. The molecule has 0 N–H and O–H groups in total. The Hall–Kier alpha value is -2.06. The third-order valence-corrected chi connectivity index (χ3v) is 5.29. The molecule has 130 valence electrons. The summed E-state index contributed by atoms with van der Waals surface area (Å²) in [7, 11) is 0. The van der Waals surface area contributed by atoms with Crippen LogP contribution in [0.15, 0.2) is 54.6 Å². The Labute approximate surface area is 150 Å². The molecule has 0 unspecified atom stereocenters. The molecule has 25 heavy (non-hydrogen) atoms. The van der Waals surface area contributed by atoms with E-state index in [0.29, 0.717) is 0 Å². The predicted molar refractivity (Wildman–Crippen MR) is 106 cm³/mol. The monoisotopic (exact) mass is 333 g/mol. The van der Waals surface area contributed by atoms with E-state index in [1.807, 2.05) is 0 Å². The topological polar surface area (TPSA) is 12.5 Å². The van der Waals surface area contributed by atoms with Crippen LogP contribution in [0.3, 0.4) is 0 Å². The third-order valence-electron chi connectivity index (χ3n) is 5.29. The number of unbranched alkanes of at least 4 members (excludes halogenated alkanes) is 1. The van der Waals surface area contributed by atoms with Crippen molar-refractivity contribution in [2.24, 2.45) is 0 Å². The highest BCUT2D eigenvalue weighted by atomic mass is 16.5. The van der Waals surface area contributed by atoms with Gasteiger partial charge >= 0.3 is 0 Å². The molecule has 0 atom stereocenters. The second-order valence-electron chi connectivity index (χ2n) is 7.11. The summed E-state index contributed by atoms with van der Waals surface area (Å²) in [5.74, 6) is 1.05. The SMILES string of the molecule is c1ccc2c(OCCCCN3CCCCC3)c3ccccc3cc2c1.